The Morgan fingerprint density at radius 3 is 2.31 bits per heavy atom. The lowest BCUT2D eigenvalue weighted by molar-refractivity contribution is -0.141. The lowest BCUT2D eigenvalue weighted by Crippen LogP contribution is -2.44. The van der Waals surface area contributed by atoms with Gasteiger partial charge in [0.15, 0.2) is 10.6 Å². The first-order chi connectivity index (χ1) is 17.1. The number of hydrogen-bond donors (Lipinski definition) is 3. The van der Waals surface area contributed by atoms with Gasteiger partial charge in [-0.05, 0) is 65.1 Å². The van der Waals surface area contributed by atoms with E-state index in [0.29, 0.717) is 16.3 Å². The summed E-state index contributed by atoms with van der Waals surface area (Å²) in [7, 11) is -3.70. The fourth-order valence-corrected chi connectivity index (χ4v) is 5.52. The van der Waals surface area contributed by atoms with Crippen LogP contribution in [0.2, 0.25) is 5.02 Å². The highest BCUT2D eigenvalue weighted by atomic mass is 35.5. The number of sulfonamides is 1. The fourth-order valence-electron chi connectivity index (χ4n) is 3.36. The number of carbonyl (C=O) groups excluding carboxylic acids is 1. The van der Waals surface area contributed by atoms with E-state index in [9.17, 15) is 27.7 Å². The third-order valence-corrected chi connectivity index (χ3v) is 8.20. The number of hydrogen-bond acceptors (Lipinski definition) is 5. The SMILES string of the molecule is O=C(C[S+]([O-])c1cccc(CCNS(=O)(=O)c2ccc(Cl)cc2)c1)NC(Cc1ccccc1)C(=O)O. The van der Waals surface area contributed by atoms with Crippen molar-refractivity contribution in [2.24, 2.45) is 0 Å². The Labute approximate surface area is 217 Å². The van der Waals surface area contributed by atoms with Crippen LogP contribution in [0.1, 0.15) is 11.1 Å². The molecule has 0 aliphatic rings. The minimum absolute atomic E-state index is 0.0969. The average Bonchev–Trinajstić information content (AvgIpc) is 2.84. The largest absolute Gasteiger partial charge is 0.611 e. The molecule has 0 saturated heterocycles. The molecule has 3 N–H and O–H groups in total. The number of rotatable bonds is 12. The molecule has 8 nitrogen and oxygen atoms in total. The Bertz CT molecular complexity index is 1290. The van der Waals surface area contributed by atoms with Gasteiger partial charge >= 0.3 is 5.97 Å². The molecule has 2 atom stereocenters. The third kappa shape index (κ3) is 8.35. The van der Waals surface area contributed by atoms with Gasteiger partial charge in [-0.15, -0.1) is 0 Å². The Kier molecular flexibility index (Phi) is 9.91. The highest BCUT2D eigenvalue weighted by Crippen LogP contribution is 2.16. The molecule has 0 heterocycles. The number of carbonyl (C=O) groups is 2. The van der Waals surface area contributed by atoms with Crippen LogP contribution in [-0.4, -0.2) is 48.3 Å². The molecular weight excluding hydrogens is 524 g/mol. The van der Waals surface area contributed by atoms with Crippen molar-refractivity contribution in [1.82, 2.24) is 10.0 Å². The maximum absolute atomic E-state index is 12.7. The predicted molar refractivity (Wildman–Crippen MR) is 138 cm³/mol. The fraction of sp³-hybridized carbons (Fsp3) is 0.200. The van der Waals surface area contributed by atoms with E-state index in [1.165, 1.54) is 24.3 Å². The molecule has 3 rings (SSSR count). The van der Waals surface area contributed by atoms with E-state index in [0.717, 1.165) is 11.1 Å². The van der Waals surface area contributed by atoms with Crippen LogP contribution in [0.15, 0.2) is 88.7 Å². The lowest BCUT2D eigenvalue weighted by atomic mass is 10.1. The number of amides is 1. The third-order valence-electron chi connectivity index (χ3n) is 5.17. The molecule has 0 aromatic heterocycles. The number of carboxylic acid groups (broad SMARTS) is 1. The minimum Gasteiger partial charge on any atom is -0.611 e. The highest BCUT2D eigenvalue weighted by molar-refractivity contribution is 7.92. The summed E-state index contributed by atoms with van der Waals surface area (Å²) in [5.41, 5.74) is 1.48. The van der Waals surface area contributed by atoms with Crippen LogP contribution in [-0.2, 0) is 43.6 Å². The zero-order valence-electron chi connectivity index (χ0n) is 19.1. The van der Waals surface area contributed by atoms with Crippen molar-refractivity contribution in [3.05, 3.63) is 95.0 Å². The molecule has 36 heavy (non-hydrogen) atoms. The number of nitrogens with one attached hydrogen (secondary N) is 2. The molecule has 0 spiro atoms. The van der Waals surface area contributed by atoms with Crippen LogP contribution in [0, 0.1) is 0 Å². The molecule has 11 heteroatoms. The van der Waals surface area contributed by atoms with Gasteiger partial charge in [0.1, 0.15) is 6.04 Å². The van der Waals surface area contributed by atoms with Gasteiger partial charge in [-0.2, -0.15) is 0 Å². The summed E-state index contributed by atoms with van der Waals surface area (Å²) in [4.78, 5) is 24.5. The smallest absolute Gasteiger partial charge is 0.326 e. The summed E-state index contributed by atoms with van der Waals surface area (Å²) < 4.78 is 40.0. The molecule has 3 aromatic rings. The molecule has 0 bridgehead atoms. The monoisotopic (exact) mass is 548 g/mol. The summed E-state index contributed by atoms with van der Waals surface area (Å²) in [5.74, 6) is -2.22. The van der Waals surface area contributed by atoms with E-state index in [1.807, 2.05) is 6.07 Å². The van der Waals surface area contributed by atoms with Crippen molar-refractivity contribution >= 4 is 44.7 Å². The first kappa shape index (κ1) is 27.7. The van der Waals surface area contributed by atoms with Crippen LogP contribution >= 0.6 is 11.6 Å². The lowest BCUT2D eigenvalue weighted by Gasteiger charge is -2.16. The van der Waals surface area contributed by atoms with E-state index >= 15 is 0 Å². The Balaban J connectivity index is 1.54. The summed E-state index contributed by atoms with van der Waals surface area (Å²) >= 11 is 4.09. The van der Waals surface area contributed by atoms with E-state index in [4.69, 9.17) is 11.6 Å². The van der Waals surface area contributed by atoms with Crippen molar-refractivity contribution < 1.29 is 27.7 Å². The number of benzene rings is 3. The molecule has 0 aliphatic carbocycles. The molecule has 0 saturated carbocycles. The Hall–Kier alpha value is -2.89. The molecule has 0 radical (unpaired) electrons. The summed E-state index contributed by atoms with van der Waals surface area (Å²) in [6.07, 6.45) is 0.443. The van der Waals surface area contributed by atoms with Gasteiger partial charge in [-0.3, -0.25) is 4.79 Å². The normalized spacial score (nSPS) is 13.1. The topological polar surface area (TPSA) is 136 Å². The standard InChI is InChI=1S/C25H25ClN2O6S2/c26-20-9-11-22(12-10-20)36(33,34)27-14-13-19-7-4-8-21(15-19)35(32)17-24(29)28-23(25(30)31)16-18-5-2-1-3-6-18/h1-12,15,23,27H,13-14,16-17H2,(H,28,29)(H,30,31). The predicted octanol–water partition coefficient (Wildman–Crippen LogP) is 2.78. The van der Waals surface area contributed by atoms with E-state index < -0.39 is 44.9 Å². The van der Waals surface area contributed by atoms with Gasteiger partial charge in [0.05, 0.1) is 4.90 Å². The van der Waals surface area contributed by atoms with Crippen molar-refractivity contribution in [2.75, 3.05) is 12.3 Å². The molecule has 3 aromatic carbocycles. The highest BCUT2D eigenvalue weighted by Gasteiger charge is 2.24. The van der Waals surface area contributed by atoms with E-state index in [-0.39, 0.29) is 17.9 Å². The molecule has 1 amide bonds. The second-order valence-electron chi connectivity index (χ2n) is 7.89. The van der Waals surface area contributed by atoms with Crippen LogP contribution in [0.25, 0.3) is 0 Å². The zero-order valence-corrected chi connectivity index (χ0v) is 21.5. The molecular formula is C25H25ClN2O6S2. The van der Waals surface area contributed by atoms with Crippen molar-refractivity contribution in [3.8, 4) is 0 Å². The average molecular weight is 549 g/mol. The van der Waals surface area contributed by atoms with Gasteiger partial charge in [0, 0.05) is 18.0 Å². The van der Waals surface area contributed by atoms with Gasteiger partial charge < -0.3 is 15.0 Å². The van der Waals surface area contributed by atoms with Crippen LogP contribution in [0.5, 0.6) is 0 Å². The minimum atomic E-state index is -3.70. The first-order valence-electron chi connectivity index (χ1n) is 10.9. The number of halogens is 1. The van der Waals surface area contributed by atoms with Crippen LogP contribution < -0.4 is 10.0 Å². The van der Waals surface area contributed by atoms with Crippen LogP contribution in [0.3, 0.4) is 0 Å². The summed E-state index contributed by atoms with van der Waals surface area (Å²) in [6.45, 7) is 0.112. The van der Waals surface area contributed by atoms with Crippen molar-refractivity contribution in [3.63, 3.8) is 0 Å². The number of aliphatic carboxylic acids is 1. The second-order valence-corrected chi connectivity index (χ2v) is 11.5. The van der Waals surface area contributed by atoms with Crippen LogP contribution in [0.4, 0.5) is 0 Å². The van der Waals surface area contributed by atoms with E-state index in [2.05, 4.69) is 10.0 Å². The van der Waals surface area contributed by atoms with Gasteiger partial charge in [0.25, 0.3) is 5.91 Å². The maximum Gasteiger partial charge on any atom is 0.326 e. The van der Waals surface area contributed by atoms with E-state index in [1.54, 1.807) is 48.5 Å². The van der Waals surface area contributed by atoms with Crippen molar-refractivity contribution in [1.29, 1.82) is 0 Å². The second kappa shape index (κ2) is 12.9. The molecule has 190 valence electrons. The molecule has 2 unspecified atom stereocenters. The maximum atomic E-state index is 12.7. The molecule has 0 aliphatic heterocycles. The summed E-state index contributed by atoms with van der Waals surface area (Å²) in [6, 6.07) is 20.2. The first-order valence-corrected chi connectivity index (χ1v) is 14.1. The van der Waals surface area contributed by atoms with Gasteiger partial charge in [0.2, 0.25) is 10.0 Å². The Morgan fingerprint density at radius 1 is 0.972 bits per heavy atom. The zero-order chi connectivity index (χ0) is 26.1. The molecule has 0 fully saturated rings. The van der Waals surface area contributed by atoms with Gasteiger partial charge in [-0.1, -0.05) is 54.1 Å². The number of carboxylic acids is 1. The quantitative estimate of drug-likeness (QED) is 0.298. The van der Waals surface area contributed by atoms with Crippen molar-refractivity contribution in [2.45, 2.75) is 28.7 Å². The Morgan fingerprint density at radius 2 is 1.64 bits per heavy atom. The summed E-state index contributed by atoms with van der Waals surface area (Å²) in [5, 5.41) is 12.3. The van der Waals surface area contributed by atoms with Gasteiger partial charge in [-0.25, -0.2) is 17.9 Å².